The van der Waals surface area contributed by atoms with E-state index in [0.29, 0.717) is 0 Å². The molecule has 0 radical (unpaired) electrons. The third kappa shape index (κ3) is 4.60. The summed E-state index contributed by atoms with van der Waals surface area (Å²) in [5.41, 5.74) is 5.87. The molecule has 4 nitrogen and oxygen atoms in total. The lowest BCUT2D eigenvalue weighted by Gasteiger charge is -2.20. The maximum Gasteiger partial charge on any atom is 0.152 e. The van der Waals surface area contributed by atoms with Crippen molar-refractivity contribution in [1.29, 1.82) is 0 Å². The van der Waals surface area contributed by atoms with Gasteiger partial charge in [-0.05, 0) is 74.1 Å². The second-order valence-corrected chi connectivity index (χ2v) is 12.9. The van der Waals surface area contributed by atoms with E-state index in [4.69, 9.17) is 13.8 Å². The first-order valence-electron chi connectivity index (χ1n) is 12.1. The standard InChI is InChI=1S/C31H26N2O2P2/c1-23-24(2)33(31(32-23)37(29-15-9-21-34-29)30-16-10-22-35-30)25-17-19-28(20-18-25)36(26-11-5-3-6-12-26)27-13-7-4-8-14-27/h3-22H,1-2H3. The monoisotopic (exact) mass is 520 g/mol. The van der Waals surface area contributed by atoms with Gasteiger partial charge in [-0.25, -0.2) is 4.98 Å². The first kappa shape index (κ1) is 23.7. The van der Waals surface area contributed by atoms with Gasteiger partial charge in [0.15, 0.2) is 5.57 Å². The molecule has 0 saturated heterocycles. The largest absolute Gasteiger partial charge is 0.464 e. The summed E-state index contributed by atoms with van der Waals surface area (Å²) >= 11 is 0. The third-order valence-electron chi connectivity index (χ3n) is 6.37. The Morgan fingerprint density at radius 3 is 1.57 bits per heavy atom. The number of aryl methyl sites for hydroxylation is 1. The smallest absolute Gasteiger partial charge is 0.152 e. The van der Waals surface area contributed by atoms with E-state index in [-0.39, 0.29) is 0 Å². The lowest BCUT2D eigenvalue weighted by molar-refractivity contribution is 0.593. The number of furan rings is 2. The normalized spacial score (nSPS) is 11.5. The van der Waals surface area contributed by atoms with Crippen LogP contribution in [0.5, 0.6) is 0 Å². The Balaban J connectivity index is 1.45. The topological polar surface area (TPSA) is 44.1 Å². The number of imidazole rings is 1. The fourth-order valence-electron chi connectivity index (χ4n) is 4.50. The minimum atomic E-state index is -1.08. The molecule has 182 valence electrons. The van der Waals surface area contributed by atoms with Crippen LogP contribution in [0, 0.1) is 13.8 Å². The zero-order chi connectivity index (χ0) is 25.2. The quantitative estimate of drug-likeness (QED) is 0.272. The van der Waals surface area contributed by atoms with Gasteiger partial charge in [-0.3, -0.25) is 4.57 Å². The predicted molar refractivity (Wildman–Crippen MR) is 155 cm³/mol. The van der Waals surface area contributed by atoms with Gasteiger partial charge in [0.05, 0.1) is 18.2 Å². The zero-order valence-electron chi connectivity index (χ0n) is 20.7. The Kier molecular flexibility index (Phi) is 6.62. The molecule has 6 heteroatoms. The van der Waals surface area contributed by atoms with E-state index >= 15 is 0 Å². The van der Waals surface area contributed by atoms with Gasteiger partial charge >= 0.3 is 0 Å². The van der Waals surface area contributed by atoms with Crippen LogP contribution < -0.4 is 32.5 Å². The molecule has 3 heterocycles. The Hall–Kier alpha value is -3.71. The zero-order valence-corrected chi connectivity index (χ0v) is 22.4. The molecule has 0 unspecified atom stereocenters. The summed E-state index contributed by atoms with van der Waals surface area (Å²) in [4.78, 5) is 5.03. The molecule has 0 N–H and O–H groups in total. The maximum absolute atomic E-state index is 5.88. The van der Waals surface area contributed by atoms with Gasteiger partial charge in [0.2, 0.25) is 0 Å². The summed E-state index contributed by atoms with van der Waals surface area (Å²) in [6.07, 6.45) is 3.43. The van der Waals surface area contributed by atoms with Crippen LogP contribution in [0.15, 0.2) is 131 Å². The van der Waals surface area contributed by atoms with Crippen molar-refractivity contribution in [3.05, 3.63) is 133 Å². The molecule has 0 amide bonds. The van der Waals surface area contributed by atoms with Crippen LogP contribution >= 0.6 is 15.8 Å². The highest BCUT2D eigenvalue weighted by molar-refractivity contribution is 7.80. The van der Waals surface area contributed by atoms with Gasteiger partial charge in [-0.2, -0.15) is 0 Å². The number of hydrogen-bond acceptors (Lipinski definition) is 3. The minimum absolute atomic E-state index is 0.660. The first-order chi connectivity index (χ1) is 18.2. The van der Waals surface area contributed by atoms with E-state index < -0.39 is 15.8 Å². The molecule has 6 rings (SSSR count). The van der Waals surface area contributed by atoms with Gasteiger partial charge < -0.3 is 8.83 Å². The highest BCUT2D eigenvalue weighted by Gasteiger charge is 2.29. The second-order valence-electron chi connectivity index (χ2n) is 8.68. The van der Waals surface area contributed by atoms with Crippen molar-refractivity contribution in [2.75, 3.05) is 0 Å². The molecule has 0 spiro atoms. The van der Waals surface area contributed by atoms with Crippen molar-refractivity contribution in [3.63, 3.8) is 0 Å². The molecular weight excluding hydrogens is 494 g/mol. The van der Waals surface area contributed by atoms with Crippen LogP contribution in [0.2, 0.25) is 0 Å². The number of hydrogen-bond donors (Lipinski definition) is 0. The summed E-state index contributed by atoms with van der Waals surface area (Å²) in [6, 6.07) is 38.4. The van der Waals surface area contributed by atoms with Crippen molar-refractivity contribution < 1.29 is 8.83 Å². The highest BCUT2D eigenvalue weighted by atomic mass is 31.1. The van der Waals surface area contributed by atoms with E-state index in [2.05, 4.69) is 103 Å². The van der Waals surface area contributed by atoms with Crippen molar-refractivity contribution in [3.8, 4) is 5.69 Å². The Labute approximate surface area is 219 Å². The van der Waals surface area contributed by atoms with Gasteiger partial charge in [0.25, 0.3) is 0 Å². The van der Waals surface area contributed by atoms with E-state index in [9.17, 15) is 0 Å². The van der Waals surface area contributed by atoms with Gasteiger partial charge in [-0.1, -0.05) is 72.8 Å². The van der Waals surface area contributed by atoms with E-state index in [1.54, 1.807) is 12.5 Å². The number of rotatable bonds is 7. The highest BCUT2D eigenvalue weighted by Crippen LogP contribution is 2.36. The summed E-state index contributed by atoms with van der Waals surface area (Å²) in [7, 11) is -1.74. The number of nitrogens with zero attached hydrogens (tertiary/aromatic N) is 2. The summed E-state index contributed by atoms with van der Waals surface area (Å²) in [5, 5.41) is 3.99. The van der Waals surface area contributed by atoms with E-state index in [1.807, 2.05) is 24.3 Å². The molecule has 0 aliphatic heterocycles. The summed E-state index contributed by atoms with van der Waals surface area (Å²) < 4.78 is 14.0. The molecule has 0 aliphatic carbocycles. The summed E-state index contributed by atoms with van der Waals surface area (Å²) in [6.45, 7) is 4.18. The van der Waals surface area contributed by atoms with Crippen LogP contribution in [0.4, 0.5) is 0 Å². The second kappa shape index (κ2) is 10.3. The molecule has 0 aliphatic rings. The van der Waals surface area contributed by atoms with Crippen molar-refractivity contribution in [1.82, 2.24) is 9.55 Å². The lowest BCUT2D eigenvalue weighted by Crippen LogP contribution is -2.27. The first-order valence-corrected chi connectivity index (χ1v) is 14.8. The van der Waals surface area contributed by atoms with Crippen molar-refractivity contribution in [2.45, 2.75) is 13.8 Å². The summed E-state index contributed by atoms with van der Waals surface area (Å²) in [5.74, 6) is 0. The average molecular weight is 521 g/mol. The Bertz CT molecular complexity index is 1500. The molecule has 6 aromatic rings. The fraction of sp³-hybridized carbons (Fsp3) is 0.0645. The van der Waals surface area contributed by atoms with Crippen molar-refractivity contribution in [2.24, 2.45) is 0 Å². The molecule has 37 heavy (non-hydrogen) atoms. The molecule has 3 aromatic carbocycles. The SMILES string of the molecule is Cc1nc(P(c2ccco2)c2ccco2)n(-c2ccc(P(c3ccccc3)c3ccccc3)cc2)c1C. The van der Waals surface area contributed by atoms with E-state index in [0.717, 1.165) is 33.6 Å². The molecule has 0 bridgehead atoms. The fourth-order valence-corrected chi connectivity index (χ4v) is 8.92. The van der Waals surface area contributed by atoms with E-state index in [1.165, 1.54) is 15.9 Å². The van der Waals surface area contributed by atoms with Crippen LogP contribution in [0.25, 0.3) is 5.69 Å². The van der Waals surface area contributed by atoms with Crippen LogP contribution in [-0.2, 0) is 0 Å². The molecule has 0 saturated carbocycles. The Morgan fingerprint density at radius 1 is 0.568 bits per heavy atom. The Morgan fingerprint density at radius 2 is 1.08 bits per heavy atom. The molecule has 0 fully saturated rings. The number of benzene rings is 3. The molecular formula is C31H26N2O2P2. The van der Waals surface area contributed by atoms with Crippen molar-refractivity contribution >= 4 is 48.3 Å². The van der Waals surface area contributed by atoms with Crippen LogP contribution in [-0.4, -0.2) is 9.55 Å². The molecule has 3 aromatic heterocycles. The van der Waals surface area contributed by atoms with Crippen LogP contribution in [0.3, 0.4) is 0 Å². The van der Waals surface area contributed by atoms with Gasteiger partial charge in [-0.15, -0.1) is 0 Å². The average Bonchev–Trinajstić information content (AvgIpc) is 3.71. The lowest BCUT2D eigenvalue weighted by atomic mass is 10.3. The van der Waals surface area contributed by atoms with Crippen LogP contribution in [0.1, 0.15) is 11.4 Å². The minimum Gasteiger partial charge on any atom is -0.464 e. The third-order valence-corrected chi connectivity index (χ3v) is 10.9. The maximum atomic E-state index is 5.88. The predicted octanol–water partition coefficient (Wildman–Crippen LogP) is 5.19. The molecule has 0 atom stereocenters. The number of aromatic nitrogens is 2. The van der Waals surface area contributed by atoms with Gasteiger partial charge in [0, 0.05) is 11.4 Å². The van der Waals surface area contributed by atoms with Gasteiger partial charge in [0.1, 0.15) is 18.9 Å².